The molecule has 0 amide bonds. The van der Waals surface area contributed by atoms with Crippen molar-refractivity contribution in [3.05, 3.63) is 0 Å². The molecule has 0 aromatic carbocycles. The van der Waals surface area contributed by atoms with E-state index in [2.05, 4.69) is 22.5 Å². The number of nitrogens with one attached hydrogen (secondary N) is 2. The van der Waals surface area contributed by atoms with Crippen molar-refractivity contribution >= 4 is 5.97 Å². The molecule has 2 aliphatic rings. The minimum atomic E-state index is -0.715. The van der Waals surface area contributed by atoms with Crippen molar-refractivity contribution in [3.8, 4) is 0 Å². The number of likely N-dealkylation sites (tertiary alicyclic amines) is 1. The monoisotopic (exact) mass is 241 g/mol. The molecule has 2 aliphatic heterocycles. The predicted octanol–water partition coefficient (Wildman–Crippen LogP) is -0.123. The first-order valence-electron chi connectivity index (χ1n) is 6.52. The van der Waals surface area contributed by atoms with Crippen LogP contribution in [0.15, 0.2) is 0 Å². The minimum Gasteiger partial charge on any atom is -0.481 e. The van der Waals surface area contributed by atoms with Gasteiger partial charge in [-0.2, -0.15) is 0 Å². The first-order valence-corrected chi connectivity index (χ1v) is 6.52. The number of hydrogen-bond acceptors (Lipinski definition) is 4. The van der Waals surface area contributed by atoms with Crippen molar-refractivity contribution in [2.24, 2.45) is 0 Å². The Morgan fingerprint density at radius 1 is 1.47 bits per heavy atom. The average Bonchev–Trinajstić information content (AvgIpc) is 2.66. The summed E-state index contributed by atoms with van der Waals surface area (Å²) in [5, 5.41) is 15.6. The molecule has 1 atom stereocenters. The fourth-order valence-corrected chi connectivity index (χ4v) is 2.92. The van der Waals surface area contributed by atoms with Crippen molar-refractivity contribution in [1.82, 2.24) is 15.5 Å². The summed E-state index contributed by atoms with van der Waals surface area (Å²) in [7, 11) is 0. The van der Waals surface area contributed by atoms with Crippen LogP contribution >= 0.6 is 0 Å². The van der Waals surface area contributed by atoms with Crippen molar-refractivity contribution in [2.45, 2.75) is 37.8 Å². The zero-order valence-corrected chi connectivity index (χ0v) is 10.5. The second-order valence-corrected chi connectivity index (χ2v) is 5.51. The highest BCUT2D eigenvalue weighted by Crippen LogP contribution is 2.17. The molecule has 0 aliphatic carbocycles. The number of carbonyl (C=O) groups is 1. The van der Waals surface area contributed by atoms with E-state index in [4.69, 9.17) is 5.11 Å². The minimum absolute atomic E-state index is 0.213. The summed E-state index contributed by atoms with van der Waals surface area (Å²) in [4.78, 5) is 13.3. The summed E-state index contributed by atoms with van der Waals surface area (Å²) in [6, 6.07) is 0.356. The molecule has 17 heavy (non-hydrogen) atoms. The lowest BCUT2D eigenvalue weighted by Gasteiger charge is -2.44. The Balaban J connectivity index is 1.79. The largest absolute Gasteiger partial charge is 0.481 e. The van der Waals surface area contributed by atoms with Gasteiger partial charge in [0.1, 0.15) is 0 Å². The van der Waals surface area contributed by atoms with E-state index in [1.165, 1.54) is 25.9 Å². The van der Waals surface area contributed by atoms with Gasteiger partial charge in [-0.05, 0) is 32.9 Å². The molecule has 0 spiro atoms. The standard InChI is InChI=1S/C12H23N3O2/c1-10(7-15-4-2-3-5-15)14-12(6-11(16)17)8-13-9-12/h10,13-14H,2-9H2,1H3,(H,16,17). The number of hydrogen-bond donors (Lipinski definition) is 3. The van der Waals surface area contributed by atoms with E-state index in [1.807, 2.05) is 0 Å². The van der Waals surface area contributed by atoms with Crippen LogP contribution in [0, 0.1) is 0 Å². The van der Waals surface area contributed by atoms with Crippen LogP contribution in [0.1, 0.15) is 26.2 Å². The maximum Gasteiger partial charge on any atom is 0.305 e. The van der Waals surface area contributed by atoms with Gasteiger partial charge in [0.2, 0.25) is 0 Å². The van der Waals surface area contributed by atoms with E-state index in [0.29, 0.717) is 6.04 Å². The van der Waals surface area contributed by atoms with Crippen LogP contribution in [-0.4, -0.2) is 60.3 Å². The second kappa shape index (κ2) is 5.33. The molecule has 2 saturated heterocycles. The van der Waals surface area contributed by atoms with Gasteiger partial charge in [0.15, 0.2) is 0 Å². The van der Waals surface area contributed by atoms with Crippen LogP contribution in [0.5, 0.6) is 0 Å². The lowest BCUT2D eigenvalue weighted by Crippen LogP contribution is -2.70. The molecule has 2 fully saturated rings. The van der Waals surface area contributed by atoms with E-state index in [9.17, 15) is 4.79 Å². The molecular formula is C12H23N3O2. The van der Waals surface area contributed by atoms with E-state index in [0.717, 1.165) is 19.6 Å². The quantitative estimate of drug-likeness (QED) is 0.605. The molecule has 0 bridgehead atoms. The number of carboxylic acid groups (broad SMARTS) is 1. The number of rotatable bonds is 6. The lowest BCUT2D eigenvalue weighted by molar-refractivity contribution is -0.139. The van der Waals surface area contributed by atoms with Gasteiger partial charge in [-0.1, -0.05) is 0 Å². The van der Waals surface area contributed by atoms with Crippen LogP contribution in [-0.2, 0) is 4.79 Å². The third kappa shape index (κ3) is 3.40. The Morgan fingerprint density at radius 2 is 2.12 bits per heavy atom. The zero-order chi connectivity index (χ0) is 12.3. The first kappa shape index (κ1) is 12.8. The Labute approximate surface area is 103 Å². The highest BCUT2D eigenvalue weighted by Gasteiger charge is 2.39. The molecule has 0 aromatic rings. The zero-order valence-electron chi connectivity index (χ0n) is 10.5. The molecule has 98 valence electrons. The molecule has 2 heterocycles. The predicted molar refractivity (Wildman–Crippen MR) is 66.1 cm³/mol. The smallest absolute Gasteiger partial charge is 0.305 e. The number of aliphatic carboxylic acids is 1. The second-order valence-electron chi connectivity index (χ2n) is 5.51. The van der Waals surface area contributed by atoms with E-state index in [1.54, 1.807) is 0 Å². The third-order valence-corrected chi connectivity index (χ3v) is 3.70. The van der Waals surface area contributed by atoms with Crippen LogP contribution in [0.3, 0.4) is 0 Å². The van der Waals surface area contributed by atoms with Crippen molar-refractivity contribution in [1.29, 1.82) is 0 Å². The van der Waals surface area contributed by atoms with Gasteiger partial charge in [-0.25, -0.2) is 0 Å². The average molecular weight is 241 g/mol. The molecule has 0 radical (unpaired) electrons. The summed E-state index contributed by atoms with van der Waals surface area (Å²) in [6.07, 6.45) is 2.81. The lowest BCUT2D eigenvalue weighted by atomic mass is 9.87. The summed E-state index contributed by atoms with van der Waals surface area (Å²) >= 11 is 0. The molecule has 0 saturated carbocycles. The Hall–Kier alpha value is -0.650. The Morgan fingerprint density at radius 3 is 2.59 bits per heavy atom. The topological polar surface area (TPSA) is 64.6 Å². The third-order valence-electron chi connectivity index (χ3n) is 3.70. The number of carboxylic acids is 1. The van der Waals surface area contributed by atoms with Crippen LogP contribution in [0.2, 0.25) is 0 Å². The normalized spacial score (nSPS) is 25.5. The van der Waals surface area contributed by atoms with Gasteiger partial charge >= 0.3 is 5.97 Å². The van der Waals surface area contributed by atoms with Crippen LogP contribution in [0.4, 0.5) is 0 Å². The van der Waals surface area contributed by atoms with Crippen molar-refractivity contribution in [3.63, 3.8) is 0 Å². The van der Waals surface area contributed by atoms with Gasteiger partial charge in [0.25, 0.3) is 0 Å². The molecule has 5 heteroatoms. The Bertz CT molecular complexity index is 273. The van der Waals surface area contributed by atoms with Gasteiger partial charge in [-0.3, -0.25) is 4.79 Å². The van der Waals surface area contributed by atoms with Crippen molar-refractivity contribution < 1.29 is 9.90 Å². The molecule has 0 aromatic heterocycles. The Kier molecular flexibility index (Phi) is 4.01. The SMILES string of the molecule is CC(CN1CCCC1)NC1(CC(=O)O)CNC1. The molecule has 3 N–H and O–H groups in total. The molecule has 2 rings (SSSR count). The van der Waals surface area contributed by atoms with Gasteiger partial charge in [-0.15, -0.1) is 0 Å². The van der Waals surface area contributed by atoms with Crippen LogP contribution < -0.4 is 10.6 Å². The van der Waals surface area contributed by atoms with E-state index in [-0.39, 0.29) is 12.0 Å². The molecular weight excluding hydrogens is 218 g/mol. The molecule has 1 unspecified atom stereocenters. The fourth-order valence-electron chi connectivity index (χ4n) is 2.92. The van der Waals surface area contributed by atoms with Gasteiger partial charge < -0.3 is 20.6 Å². The van der Waals surface area contributed by atoms with Gasteiger partial charge in [0.05, 0.1) is 12.0 Å². The van der Waals surface area contributed by atoms with E-state index >= 15 is 0 Å². The summed E-state index contributed by atoms with van der Waals surface area (Å²) in [5.74, 6) is -0.715. The first-order chi connectivity index (χ1) is 8.10. The number of nitrogens with zero attached hydrogens (tertiary/aromatic N) is 1. The fraction of sp³-hybridized carbons (Fsp3) is 0.917. The summed E-state index contributed by atoms with van der Waals surface area (Å²) in [5.41, 5.74) is -0.217. The summed E-state index contributed by atoms with van der Waals surface area (Å²) in [6.45, 7) is 7.10. The van der Waals surface area contributed by atoms with Gasteiger partial charge in [0, 0.05) is 25.7 Å². The van der Waals surface area contributed by atoms with E-state index < -0.39 is 5.97 Å². The van der Waals surface area contributed by atoms with Crippen LogP contribution in [0.25, 0.3) is 0 Å². The molecule has 5 nitrogen and oxygen atoms in total. The maximum absolute atomic E-state index is 10.9. The van der Waals surface area contributed by atoms with Crippen molar-refractivity contribution in [2.75, 3.05) is 32.7 Å². The maximum atomic E-state index is 10.9. The summed E-state index contributed by atoms with van der Waals surface area (Å²) < 4.78 is 0. The highest BCUT2D eigenvalue weighted by molar-refractivity contribution is 5.68. The highest BCUT2D eigenvalue weighted by atomic mass is 16.4.